The summed E-state index contributed by atoms with van der Waals surface area (Å²) in [6.07, 6.45) is 4.19. The molecule has 3 aliphatic rings. The average Bonchev–Trinajstić information content (AvgIpc) is 2.84. The number of carbonyl (C=O) groups excluding carboxylic acids is 2. The first kappa shape index (κ1) is 12.9. The summed E-state index contributed by atoms with van der Waals surface area (Å²) >= 11 is 0. The SMILES string of the molecule is CC1CCC(C(=O)N2CCC3NC(=O)CCC3C2)O1. The molecule has 0 saturated carbocycles. The number of amides is 2. The molecule has 5 nitrogen and oxygen atoms in total. The fourth-order valence-electron chi connectivity index (χ4n) is 3.50. The van der Waals surface area contributed by atoms with Gasteiger partial charge in [-0.3, -0.25) is 9.59 Å². The number of rotatable bonds is 1. The fraction of sp³-hybridized carbons (Fsp3) is 0.857. The molecule has 1 N–H and O–H groups in total. The Kier molecular flexibility index (Phi) is 3.48. The van der Waals surface area contributed by atoms with Crippen LogP contribution in [0.3, 0.4) is 0 Å². The van der Waals surface area contributed by atoms with E-state index >= 15 is 0 Å². The number of nitrogens with zero attached hydrogens (tertiary/aromatic N) is 1. The molecule has 19 heavy (non-hydrogen) atoms. The van der Waals surface area contributed by atoms with Crippen LogP contribution in [0.25, 0.3) is 0 Å². The minimum absolute atomic E-state index is 0.153. The Balaban J connectivity index is 1.58. The molecule has 0 aliphatic carbocycles. The molecule has 4 atom stereocenters. The Hall–Kier alpha value is -1.10. The number of hydrogen-bond acceptors (Lipinski definition) is 3. The molecule has 4 unspecified atom stereocenters. The Labute approximate surface area is 113 Å². The van der Waals surface area contributed by atoms with Crippen LogP contribution in [0.5, 0.6) is 0 Å². The van der Waals surface area contributed by atoms with Crippen molar-refractivity contribution >= 4 is 11.8 Å². The third kappa shape index (κ3) is 2.61. The van der Waals surface area contributed by atoms with Crippen LogP contribution in [0.1, 0.15) is 39.0 Å². The van der Waals surface area contributed by atoms with Gasteiger partial charge in [0.25, 0.3) is 5.91 Å². The number of likely N-dealkylation sites (tertiary alicyclic amines) is 1. The minimum atomic E-state index is -0.232. The monoisotopic (exact) mass is 266 g/mol. The van der Waals surface area contributed by atoms with E-state index in [4.69, 9.17) is 4.74 Å². The molecule has 0 radical (unpaired) electrons. The van der Waals surface area contributed by atoms with Crippen molar-refractivity contribution < 1.29 is 14.3 Å². The van der Waals surface area contributed by atoms with Gasteiger partial charge in [-0.05, 0) is 38.5 Å². The Morgan fingerprint density at radius 3 is 2.89 bits per heavy atom. The Morgan fingerprint density at radius 1 is 1.32 bits per heavy atom. The zero-order chi connectivity index (χ0) is 13.4. The molecule has 0 aromatic rings. The van der Waals surface area contributed by atoms with E-state index in [1.54, 1.807) is 0 Å². The third-order valence-electron chi connectivity index (χ3n) is 4.64. The van der Waals surface area contributed by atoms with E-state index in [0.29, 0.717) is 12.3 Å². The summed E-state index contributed by atoms with van der Waals surface area (Å²) < 4.78 is 5.67. The molecule has 3 rings (SSSR count). The van der Waals surface area contributed by atoms with Gasteiger partial charge in [0, 0.05) is 25.6 Å². The minimum Gasteiger partial charge on any atom is -0.365 e. The van der Waals surface area contributed by atoms with Crippen molar-refractivity contribution in [3.05, 3.63) is 0 Å². The lowest BCUT2D eigenvalue weighted by molar-refractivity contribution is -0.145. The van der Waals surface area contributed by atoms with Crippen molar-refractivity contribution in [2.24, 2.45) is 5.92 Å². The first-order valence-electron chi connectivity index (χ1n) is 7.37. The molecule has 0 aromatic carbocycles. The molecule has 3 saturated heterocycles. The van der Waals surface area contributed by atoms with Crippen LogP contribution in [0.2, 0.25) is 0 Å². The standard InChI is InChI=1S/C14H22N2O3/c1-9-2-4-12(19-9)14(18)16-7-6-11-10(8-16)3-5-13(17)15-11/h9-12H,2-8H2,1H3,(H,15,17). The Morgan fingerprint density at radius 2 is 2.16 bits per heavy atom. The largest absolute Gasteiger partial charge is 0.365 e. The quantitative estimate of drug-likeness (QED) is 0.759. The van der Waals surface area contributed by atoms with Crippen LogP contribution >= 0.6 is 0 Å². The van der Waals surface area contributed by atoms with E-state index < -0.39 is 0 Å². The van der Waals surface area contributed by atoms with E-state index in [0.717, 1.165) is 38.8 Å². The molecule has 3 heterocycles. The van der Waals surface area contributed by atoms with Gasteiger partial charge in [-0.25, -0.2) is 0 Å². The average molecular weight is 266 g/mol. The molecule has 2 amide bonds. The summed E-state index contributed by atoms with van der Waals surface area (Å²) in [5.41, 5.74) is 0. The zero-order valence-corrected chi connectivity index (χ0v) is 11.4. The van der Waals surface area contributed by atoms with Gasteiger partial charge in [0.1, 0.15) is 6.10 Å². The lowest BCUT2D eigenvalue weighted by Crippen LogP contribution is -2.56. The highest BCUT2D eigenvalue weighted by Crippen LogP contribution is 2.28. The number of nitrogens with one attached hydrogen (secondary N) is 1. The lowest BCUT2D eigenvalue weighted by atomic mass is 9.85. The molecule has 5 heteroatoms. The van der Waals surface area contributed by atoms with Crippen molar-refractivity contribution in [2.75, 3.05) is 13.1 Å². The summed E-state index contributed by atoms with van der Waals surface area (Å²) in [4.78, 5) is 25.7. The lowest BCUT2D eigenvalue weighted by Gasteiger charge is -2.42. The first-order valence-corrected chi connectivity index (χ1v) is 7.37. The van der Waals surface area contributed by atoms with E-state index in [9.17, 15) is 9.59 Å². The normalized spacial score (nSPS) is 38.8. The van der Waals surface area contributed by atoms with Crippen LogP contribution in [-0.4, -0.2) is 48.1 Å². The maximum Gasteiger partial charge on any atom is 0.251 e. The predicted molar refractivity (Wildman–Crippen MR) is 69.4 cm³/mol. The van der Waals surface area contributed by atoms with Gasteiger partial charge in [0.05, 0.1) is 6.10 Å². The third-order valence-corrected chi connectivity index (χ3v) is 4.64. The first-order chi connectivity index (χ1) is 9.13. The molecular formula is C14H22N2O3. The molecule has 0 aromatic heterocycles. The highest BCUT2D eigenvalue weighted by atomic mass is 16.5. The van der Waals surface area contributed by atoms with Crippen molar-refractivity contribution in [3.8, 4) is 0 Å². The second-order valence-electron chi connectivity index (χ2n) is 6.06. The van der Waals surface area contributed by atoms with Crippen molar-refractivity contribution in [3.63, 3.8) is 0 Å². The maximum atomic E-state index is 12.4. The van der Waals surface area contributed by atoms with Crippen molar-refractivity contribution in [1.29, 1.82) is 0 Å². The van der Waals surface area contributed by atoms with E-state index in [-0.39, 0.29) is 30.1 Å². The van der Waals surface area contributed by atoms with Gasteiger partial charge in [0.15, 0.2) is 0 Å². The van der Waals surface area contributed by atoms with Crippen LogP contribution in [0, 0.1) is 5.92 Å². The fourth-order valence-corrected chi connectivity index (χ4v) is 3.50. The number of ether oxygens (including phenoxy) is 1. The molecule has 3 fully saturated rings. The molecule has 0 spiro atoms. The summed E-state index contributed by atoms with van der Waals surface area (Å²) in [6.45, 7) is 3.54. The maximum absolute atomic E-state index is 12.4. The smallest absolute Gasteiger partial charge is 0.251 e. The molecule has 0 bridgehead atoms. The van der Waals surface area contributed by atoms with Gasteiger partial charge in [-0.15, -0.1) is 0 Å². The van der Waals surface area contributed by atoms with Crippen LogP contribution < -0.4 is 5.32 Å². The van der Waals surface area contributed by atoms with Gasteiger partial charge in [-0.1, -0.05) is 0 Å². The second kappa shape index (κ2) is 5.12. The predicted octanol–water partition coefficient (Wildman–Crippen LogP) is 0.681. The highest BCUT2D eigenvalue weighted by Gasteiger charge is 2.38. The number of hydrogen-bond donors (Lipinski definition) is 1. The highest BCUT2D eigenvalue weighted by molar-refractivity contribution is 5.81. The van der Waals surface area contributed by atoms with E-state index in [2.05, 4.69) is 5.32 Å². The number of fused-ring (bicyclic) bond motifs is 1. The van der Waals surface area contributed by atoms with Crippen LogP contribution in [0.15, 0.2) is 0 Å². The Bertz CT molecular complexity index is 385. The zero-order valence-electron chi connectivity index (χ0n) is 11.4. The van der Waals surface area contributed by atoms with Gasteiger partial charge < -0.3 is 15.0 Å². The number of piperidine rings is 2. The molecular weight excluding hydrogens is 244 g/mol. The van der Waals surface area contributed by atoms with Crippen LogP contribution in [-0.2, 0) is 14.3 Å². The van der Waals surface area contributed by atoms with Gasteiger partial charge >= 0.3 is 0 Å². The summed E-state index contributed by atoms with van der Waals surface area (Å²) in [5.74, 6) is 0.739. The molecule has 106 valence electrons. The topological polar surface area (TPSA) is 58.6 Å². The van der Waals surface area contributed by atoms with Crippen molar-refractivity contribution in [1.82, 2.24) is 10.2 Å². The van der Waals surface area contributed by atoms with E-state index in [1.807, 2.05) is 11.8 Å². The van der Waals surface area contributed by atoms with Crippen molar-refractivity contribution in [2.45, 2.75) is 57.3 Å². The second-order valence-corrected chi connectivity index (χ2v) is 6.06. The van der Waals surface area contributed by atoms with Crippen LogP contribution in [0.4, 0.5) is 0 Å². The molecule has 3 aliphatic heterocycles. The van der Waals surface area contributed by atoms with Gasteiger partial charge in [0.2, 0.25) is 5.91 Å². The van der Waals surface area contributed by atoms with Gasteiger partial charge in [-0.2, -0.15) is 0 Å². The number of carbonyl (C=O) groups is 2. The summed E-state index contributed by atoms with van der Waals surface area (Å²) in [7, 11) is 0. The summed E-state index contributed by atoms with van der Waals surface area (Å²) in [5, 5.41) is 3.05. The van der Waals surface area contributed by atoms with E-state index in [1.165, 1.54) is 0 Å². The summed E-state index contributed by atoms with van der Waals surface area (Å²) in [6, 6.07) is 0.272.